The molecule has 0 spiro atoms. The van der Waals surface area contributed by atoms with Crippen molar-refractivity contribution in [2.24, 2.45) is 5.73 Å². The van der Waals surface area contributed by atoms with Crippen LogP contribution in [0.5, 0.6) is 0 Å². The van der Waals surface area contributed by atoms with Crippen molar-refractivity contribution in [1.29, 1.82) is 0 Å². The Morgan fingerprint density at radius 3 is 2.11 bits per heavy atom. The number of fused-ring (bicyclic) bond motifs is 1. The summed E-state index contributed by atoms with van der Waals surface area (Å²) in [5, 5.41) is 4.71. The Balaban J connectivity index is 1.81. The lowest BCUT2D eigenvalue weighted by Gasteiger charge is -2.34. The fraction of sp³-hybridized carbons (Fsp3) is 0.429. The average Bonchev–Trinajstić information content (AvgIpc) is 2.96. The maximum atomic E-state index is 14.5. The number of nitrogens with one attached hydrogen (secondary N) is 1. The number of carbonyl (C=O) groups excluding carboxylic acids is 4. The van der Waals surface area contributed by atoms with Crippen LogP contribution >= 0.6 is 0 Å². The van der Waals surface area contributed by atoms with Gasteiger partial charge in [0.05, 0.1) is 12.1 Å². The zero-order valence-corrected chi connectivity index (χ0v) is 27.6. The lowest BCUT2D eigenvalue weighted by atomic mass is 9.98. The minimum atomic E-state index is -1.16. The molecule has 3 aromatic rings. The summed E-state index contributed by atoms with van der Waals surface area (Å²) in [5.41, 5.74) is 5.19. The highest BCUT2D eigenvalue weighted by Gasteiger charge is 2.35. The molecule has 4 amide bonds. The number of likely N-dealkylation sites (N-methyl/N-ethyl adjacent to an activating group) is 2. The van der Waals surface area contributed by atoms with E-state index in [4.69, 9.17) is 15.2 Å². The number of rotatable bonds is 13. The Hall–Kier alpha value is -4.51. The first kappa shape index (κ1) is 36.0. The zero-order chi connectivity index (χ0) is 34.2. The van der Waals surface area contributed by atoms with Crippen LogP contribution < -0.4 is 11.1 Å². The van der Waals surface area contributed by atoms with E-state index >= 15 is 0 Å². The highest BCUT2D eigenvalue weighted by molar-refractivity contribution is 5.92. The molecule has 0 fully saturated rings. The van der Waals surface area contributed by atoms with Crippen molar-refractivity contribution in [2.45, 2.75) is 70.7 Å². The summed E-state index contributed by atoms with van der Waals surface area (Å²) >= 11 is 0. The SMILES string of the molecule is CN(C(=O)COCC(C)(C)NC(=O)OC(C)(C)C)[C@H](Cc1ccc2ccccc2c1)C(=O)N(C)[C@H](Cc1ccccc1F)C(N)=O. The molecular weight excluding hydrogens is 591 g/mol. The van der Waals surface area contributed by atoms with Crippen LogP contribution in [-0.2, 0) is 36.7 Å². The van der Waals surface area contributed by atoms with Gasteiger partial charge in [-0.15, -0.1) is 0 Å². The molecule has 2 atom stereocenters. The van der Waals surface area contributed by atoms with Crippen LogP contribution in [-0.4, -0.2) is 84.1 Å². The lowest BCUT2D eigenvalue weighted by molar-refractivity contribution is -0.149. The van der Waals surface area contributed by atoms with Gasteiger partial charge in [-0.2, -0.15) is 0 Å². The molecule has 11 heteroatoms. The van der Waals surface area contributed by atoms with Gasteiger partial charge < -0.3 is 30.3 Å². The smallest absolute Gasteiger partial charge is 0.408 e. The first-order valence-corrected chi connectivity index (χ1v) is 15.1. The maximum Gasteiger partial charge on any atom is 0.408 e. The summed E-state index contributed by atoms with van der Waals surface area (Å²) < 4.78 is 25.5. The van der Waals surface area contributed by atoms with Crippen LogP contribution in [0.25, 0.3) is 10.8 Å². The van der Waals surface area contributed by atoms with Crippen molar-refractivity contribution < 1.29 is 33.0 Å². The first-order valence-electron chi connectivity index (χ1n) is 15.1. The molecule has 0 aromatic heterocycles. The zero-order valence-electron chi connectivity index (χ0n) is 27.6. The van der Waals surface area contributed by atoms with Crippen molar-refractivity contribution in [3.05, 3.63) is 83.7 Å². The molecule has 0 saturated heterocycles. The van der Waals surface area contributed by atoms with Crippen LogP contribution in [0.1, 0.15) is 45.7 Å². The van der Waals surface area contributed by atoms with Crippen molar-refractivity contribution in [2.75, 3.05) is 27.3 Å². The van der Waals surface area contributed by atoms with Gasteiger partial charge >= 0.3 is 6.09 Å². The first-order chi connectivity index (χ1) is 21.5. The minimum Gasteiger partial charge on any atom is -0.444 e. The van der Waals surface area contributed by atoms with Crippen molar-refractivity contribution in [3.8, 4) is 0 Å². The van der Waals surface area contributed by atoms with Crippen LogP contribution in [0.4, 0.5) is 9.18 Å². The highest BCUT2D eigenvalue weighted by Crippen LogP contribution is 2.20. The number of hydrogen-bond donors (Lipinski definition) is 2. The third-order valence-corrected chi connectivity index (χ3v) is 7.43. The molecule has 0 aliphatic heterocycles. The molecule has 0 saturated carbocycles. The predicted octanol–water partition coefficient (Wildman–Crippen LogP) is 4.22. The second-order valence-corrected chi connectivity index (χ2v) is 13.1. The molecule has 0 unspecified atom stereocenters. The number of nitrogens with two attached hydrogens (primary N) is 1. The standard InChI is InChI=1S/C35H45FN4O6/c1-34(2,3)46-33(44)38-35(4,5)22-45-21-30(41)39(6)29(19-23-16-17-24-12-8-9-13-25(24)18-23)32(43)40(7)28(31(37)42)20-26-14-10-11-15-27(26)36/h8-18,28-29H,19-22H2,1-7H3,(H2,37,42)(H,38,44)/t28-,29-/m1/s1. The molecular formula is C35H45FN4O6. The van der Waals surface area contributed by atoms with Gasteiger partial charge in [0.2, 0.25) is 17.7 Å². The van der Waals surface area contributed by atoms with Gasteiger partial charge in [0.15, 0.2) is 0 Å². The third kappa shape index (κ3) is 10.3. The third-order valence-electron chi connectivity index (χ3n) is 7.43. The maximum absolute atomic E-state index is 14.5. The fourth-order valence-corrected chi connectivity index (χ4v) is 4.95. The van der Waals surface area contributed by atoms with Gasteiger partial charge in [-0.05, 0) is 62.6 Å². The summed E-state index contributed by atoms with van der Waals surface area (Å²) in [6.07, 6.45) is -0.617. The van der Waals surface area contributed by atoms with Crippen LogP contribution in [0.2, 0.25) is 0 Å². The second kappa shape index (κ2) is 15.2. The normalized spacial score (nSPS) is 13.0. The quantitative estimate of drug-likeness (QED) is 0.289. The van der Waals surface area contributed by atoms with E-state index in [0.29, 0.717) is 0 Å². The molecule has 3 rings (SSSR count). The summed E-state index contributed by atoms with van der Waals surface area (Å²) in [4.78, 5) is 54.7. The van der Waals surface area contributed by atoms with E-state index in [2.05, 4.69) is 5.32 Å². The van der Waals surface area contributed by atoms with Crippen LogP contribution in [0, 0.1) is 5.82 Å². The Morgan fingerprint density at radius 1 is 0.848 bits per heavy atom. The van der Waals surface area contributed by atoms with E-state index < -0.39 is 52.9 Å². The molecule has 3 N–H and O–H groups in total. The molecule has 10 nitrogen and oxygen atoms in total. The van der Waals surface area contributed by atoms with Gasteiger partial charge in [0, 0.05) is 26.9 Å². The molecule has 0 aliphatic carbocycles. The molecule has 248 valence electrons. The van der Waals surface area contributed by atoms with E-state index in [-0.39, 0.29) is 31.6 Å². The highest BCUT2D eigenvalue weighted by atomic mass is 19.1. The number of primary amides is 1. The molecule has 0 heterocycles. The Kier molecular flexibility index (Phi) is 11.9. The molecule has 0 radical (unpaired) electrons. The Bertz CT molecular complexity index is 1550. The van der Waals surface area contributed by atoms with E-state index in [1.807, 2.05) is 42.5 Å². The number of halogens is 1. The minimum absolute atomic E-state index is 0.0125. The summed E-state index contributed by atoms with van der Waals surface area (Å²) in [7, 11) is 2.91. The predicted molar refractivity (Wildman–Crippen MR) is 174 cm³/mol. The number of alkyl carbamates (subject to hydrolysis) is 1. The molecule has 0 bridgehead atoms. The topological polar surface area (TPSA) is 131 Å². The number of nitrogens with zero attached hydrogens (tertiary/aromatic N) is 2. The molecule has 0 aliphatic rings. The largest absolute Gasteiger partial charge is 0.444 e. The van der Waals surface area contributed by atoms with E-state index in [1.54, 1.807) is 40.7 Å². The monoisotopic (exact) mass is 636 g/mol. The van der Waals surface area contributed by atoms with E-state index in [0.717, 1.165) is 16.3 Å². The van der Waals surface area contributed by atoms with Gasteiger partial charge in [-0.1, -0.05) is 60.7 Å². The number of carbonyl (C=O) groups is 4. The Labute approximate surface area is 270 Å². The van der Waals surface area contributed by atoms with Crippen molar-refractivity contribution in [3.63, 3.8) is 0 Å². The number of benzene rings is 3. The number of ether oxygens (including phenoxy) is 2. The summed E-state index contributed by atoms with van der Waals surface area (Å²) in [6, 6.07) is 17.3. The van der Waals surface area contributed by atoms with E-state index in [9.17, 15) is 23.6 Å². The number of amides is 4. The lowest BCUT2D eigenvalue weighted by Crippen LogP contribution is -2.56. The van der Waals surface area contributed by atoms with Crippen LogP contribution in [0.3, 0.4) is 0 Å². The van der Waals surface area contributed by atoms with Gasteiger partial charge in [0.1, 0.15) is 30.1 Å². The molecule has 46 heavy (non-hydrogen) atoms. The summed E-state index contributed by atoms with van der Waals surface area (Å²) in [5.74, 6) is -2.36. The second-order valence-electron chi connectivity index (χ2n) is 13.1. The number of hydrogen-bond acceptors (Lipinski definition) is 6. The Morgan fingerprint density at radius 2 is 1.48 bits per heavy atom. The molecule has 3 aromatic carbocycles. The average molecular weight is 637 g/mol. The van der Waals surface area contributed by atoms with Crippen molar-refractivity contribution in [1.82, 2.24) is 15.1 Å². The van der Waals surface area contributed by atoms with E-state index in [1.165, 1.54) is 42.1 Å². The van der Waals surface area contributed by atoms with Crippen molar-refractivity contribution >= 4 is 34.6 Å². The van der Waals surface area contributed by atoms with Gasteiger partial charge in [-0.25, -0.2) is 9.18 Å². The van der Waals surface area contributed by atoms with Gasteiger partial charge in [0.25, 0.3) is 0 Å². The fourth-order valence-electron chi connectivity index (χ4n) is 4.95. The summed E-state index contributed by atoms with van der Waals surface area (Å²) in [6.45, 7) is 8.32. The van der Waals surface area contributed by atoms with Crippen LogP contribution in [0.15, 0.2) is 66.7 Å². The van der Waals surface area contributed by atoms with Gasteiger partial charge in [-0.3, -0.25) is 14.4 Å².